The lowest BCUT2D eigenvalue weighted by atomic mass is 9.97. The second kappa shape index (κ2) is 5.77. The molecule has 21 heavy (non-hydrogen) atoms. The van der Waals surface area contributed by atoms with E-state index in [0.29, 0.717) is 22.7 Å². The molecule has 1 amide bonds. The molecular weight excluding hydrogens is 288 g/mol. The van der Waals surface area contributed by atoms with Crippen molar-refractivity contribution in [2.24, 2.45) is 17.0 Å². The molecule has 2 rings (SSSR count). The van der Waals surface area contributed by atoms with Crippen LogP contribution < -0.4 is 10.5 Å². The van der Waals surface area contributed by atoms with Gasteiger partial charge in [-0.05, 0) is 55.9 Å². The van der Waals surface area contributed by atoms with E-state index in [1.165, 1.54) is 12.1 Å². The molecule has 1 aliphatic rings. The maximum absolute atomic E-state index is 12.4. The number of aryl methyl sites for hydroxylation is 2. The summed E-state index contributed by atoms with van der Waals surface area (Å²) >= 11 is 0. The van der Waals surface area contributed by atoms with E-state index in [9.17, 15) is 13.2 Å². The monoisotopic (exact) mass is 310 g/mol. The maximum atomic E-state index is 12.4. The average molecular weight is 310 g/mol. The molecule has 6 heteroatoms. The van der Waals surface area contributed by atoms with Gasteiger partial charge in [-0.3, -0.25) is 4.79 Å². The molecule has 1 aromatic carbocycles. The molecule has 0 aliphatic heterocycles. The third-order valence-corrected chi connectivity index (χ3v) is 5.17. The Morgan fingerprint density at radius 1 is 1.24 bits per heavy atom. The zero-order valence-electron chi connectivity index (χ0n) is 12.6. The van der Waals surface area contributed by atoms with Gasteiger partial charge in [-0.1, -0.05) is 13.3 Å². The van der Waals surface area contributed by atoms with E-state index >= 15 is 0 Å². The zero-order chi connectivity index (χ0) is 15.8. The van der Waals surface area contributed by atoms with Gasteiger partial charge in [0.15, 0.2) is 0 Å². The number of nitrogens with two attached hydrogens (primary N) is 1. The molecule has 0 heterocycles. The van der Waals surface area contributed by atoms with Crippen molar-refractivity contribution in [2.45, 2.75) is 44.9 Å². The molecular formula is C15H22N2O3S. The van der Waals surface area contributed by atoms with Gasteiger partial charge in [0, 0.05) is 11.6 Å². The summed E-state index contributed by atoms with van der Waals surface area (Å²) < 4.78 is 22.8. The number of rotatable bonds is 3. The third-order valence-electron chi connectivity index (χ3n) is 4.28. The fourth-order valence-corrected chi connectivity index (χ4v) is 3.72. The lowest BCUT2D eigenvalue weighted by Gasteiger charge is -2.18. The molecule has 0 spiro atoms. The molecule has 1 aromatic rings. The van der Waals surface area contributed by atoms with E-state index in [2.05, 4.69) is 12.2 Å². The van der Waals surface area contributed by atoms with E-state index < -0.39 is 10.0 Å². The highest BCUT2D eigenvalue weighted by Crippen LogP contribution is 2.33. The van der Waals surface area contributed by atoms with E-state index in [4.69, 9.17) is 5.14 Å². The van der Waals surface area contributed by atoms with Crippen LogP contribution in [0.2, 0.25) is 0 Å². The summed E-state index contributed by atoms with van der Waals surface area (Å²) in [5.41, 5.74) is 2.10. The summed E-state index contributed by atoms with van der Waals surface area (Å²) in [5.74, 6) is 0.463. The van der Waals surface area contributed by atoms with E-state index in [0.717, 1.165) is 19.3 Å². The van der Waals surface area contributed by atoms with E-state index in [1.54, 1.807) is 13.8 Å². The second-order valence-electron chi connectivity index (χ2n) is 5.98. The van der Waals surface area contributed by atoms with Gasteiger partial charge in [0.05, 0.1) is 4.90 Å². The van der Waals surface area contributed by atoms with Crippen LogP contribution in [0.1, 0.15) is 37.3 Å². The average Bonchev–Trinajstić information content (AvgIpc) is 2.78. The molecule has 0 radical (unpaired) electrons. The number of nitrogens with one attached hydrogen (secondary N) is 1. The SMILES string of the molecule is Cc1cc(S(N)(=O)=O)cc(C)c1NC(=O)C1CCCC1C. The number of carbonyl (C=O) groups is 1. The molecule has 2 unspecified atom stereocenters. The van der Waals surface area contributed by atoms with Crippen molar-refractivity contribution in [3.63, 3.8) is 0 Å². The third kappa shape index (κ3) is 3.44. The first kappa shape index (κ1) is 16.0. The molecule has 0 aromatic heterocycles. The van der Waals surface area contributed by atoms with Crippen LogP contribution in [0.15, 0.2) is 17.0 Å². The predicted molar refractivity (Wildman–Crippen MR) is 82.4 cm³/mol. The van der Waals surface area contributed by atoms with Crippen molar-refractivity contribution in [2.75, 3.05) is 5.32 Å². The van der Waals surface area contributed by atoms with Crippen LogP contribution in [0.3, 0.4) is 0 Å². The first-order chi connectivity index (χ1) is 9.70. The molecule has 2 atom stereocenters. The van der Waals surface area contributed by atoms with Crippen LogP contribution >= 0.6 is 0 Å². The zero-order valence-corrected chi connectivity index (χ0v) is 13.5. The fraction of sp³-hybridized carbons (Fsp3) is 0.533. The standard InChI is InChI=1S/C15H22N2O3S/c1-9-5-4-6-13(9)15(18)17-14-10(2)7-12(8-11(14)3)21(16,19)20/h7-9,13H,4-6H2,1-3H3,(H,17,18)(H2,16,19,20). The molecule has 116 valence electrons. The van der Waals surface area contributed by atoms with Crippen molar-refractivity contribution >= 4 is 21.6 Å². The minimum Gasteiger partial charge on any atom is -0.325 e. The number of hydrogen-bond donors (Lipinski definition) is 2. The lowest BCUT2D eigenvalue weighted by Crippen LogP contribution is -2.25. The molecule has 1 aliphatic carbocycles. The topological polar surface area (TPSA) is 89.3 Å². The van der Waals surface area contributed by atoms with Crippen LogP contribution in [0.5, 0.6) is 0 Å². The largest absolute Gasteiger partial charge is 0.325 e. The minimum atomic E-state index is -3.73. The number of carbonyl (C=O) groups excluding carboxylic acids is 1. The Kier molecular flexibility index (Phi) is 4.39. The number of primary sulfonamides is 1. The summed E-state index contributed by atoms with van der Waals surface area (Å²) in [7, 11) is -3.73. The van der Waals surface area contributed by atoms with Gasteiger partial charge in [-0.25, -0.2) is 13.6 Å². The van der Waals surface area contributed by atoms with Gasteiger partial charge in [0.25, 0.3) is 0 Å². The van der Waals surface area contributed by atoms with Crippen LogP contribution in [0, 0.1) is 25.7 Å². The van der Waals surface area contributed by atoms with Gasteiger partial charge in [0.1, 0.15) is 0 Å². The normalized spacial score (nSPS) is 22.3. The Balaban J connectivity index is 2.27. The highest BCUT2D eigenvalue weighted by Gasteiger charge is 2.30. The molecule has 0 saturated heterocycles. The van der Waals surface area contributed by atoms with Crippen molar-refractivity contribution in [3.05, 3.63) is 23.3 Å². The van der Waals surface area contributed by atoms with Crippen LogP contribution in [-0.2, 0) is 14.8 Å². The van der Waals surface area contributed by atoms with Crippen molar-refractivity contribution in [3.8, 4) is 0 Å². The molecule has 3 N–H and O–H groups in total. The number of anilines is 1. The number of benzene rings is 1. The number of hydrogen-bond acceptors (Lipinski definition) is 3. The molecule has 0 bridgehead atoms. The van der Waals surface area contributed by atoms with Gasteiger partial charge in [-0.15, -0.1) is 0 Å². The molecule has 1 saturated carbocycles. The molecule has 5 nitrogen and oxygen atoms in total. The van der Waals surface area contributed by atoms with Crippen LogP contribution in [-0.4, -0.2) is 14.3 Å². The van der Waals surface area contributed by atoms with Gasteiger partial charge < -0.3 is 5.32 Å². The van der Waals surface area contributed by atoms with Crippen LogP contribution in [0.25, 0.3) is 0 Å². The van der Waals surface area contributed by atoms with Crippen molar-refractivity contribution < 1.29 is 13.2 Å². The van der Waals surface area contributed by atoms with Gasteiger partial charge in [0.2, 0.25) is 15.9 Å². The fourth-order valence-electron chi connectivity index (χ4n) is 3.04. The first-order valence-electron chi connectivity index (χ1n) is 7.15. The van der Waals surface area contributed by atoms with E-state index in [-0.39, 0.29) is 16.7 Å². The summed E-state index contributed by atoms with van der Waals surface area (Å²) in [5, 5.41) is 8.10. The van der Waals surface area contributed by atoms with Gasteiger partial charge >= 0.3 is 0 Å². The Labute approximate surface area is 126 Å². The number of sulfonamides is 1. The highest BCUT2D eigenvalue weighted by atomic mass is 32.2. The smallest absolute Gasteiger partial charge is 0.238 e. The van der Waals surface area contributed by atoms with Crippen molar-refractivity contribution in [1.82, 2.24) is 0 Å². The quantitative estimate of drug-likeness (QED) is 0.898. The first-order valence-corrected chi connectivity index (χ1v) is 8.69. The summed E-state index contributed by atoms with van der Waals surface area (Å²) in [4.78, 5) is 12.4. The maximum Gasteiger partial charge on any atom is 0.238 e. The predicted octanol–water partition coefficient (Wildman–Crippen LogP) is 2.33. The summed E-state index contributed by atoms with van der Waals surface area (Å²) in [6.45, 7) is 5.64. The Morgan fingerprint density at radius 3 is 2.24 bits per heavy atom. The summed E-state index contributed by atoms with van der Waals surface area (Å²) in [6, 6.07) is 2.99. The van der Waals surface area contributed by atoms with Crippen LogP contribution in [0.4, 0.5) is 5.69 Å². The Bertz CT molecular complexity index is 644. The summed E-state index contributed by atoms with van der Waals surface area (Å²) in [6.07, 6.45) is 3.09. The highest BCUT2D eigenvalue weighted by molar-refractivity contribution is 7.89. The lowest BCUT2D eigenvalue weighted by molar-refractivity contribution is -0.120. The minimum absolute atomic E-state index is 0.0227. The van der Waals surface area contributed by atoms with Gasteiger partial charge in [-0.2, -0.15) is 0 Å². The number of amides is 1. The molecule has 1 fully saturated rings. The van der Waals surface area contributed by atoms with Crippen molar-refractivity contribution in [1.29, 1.82) is 0 Å². The van der Waals surface area contributed by atoms with E-state index in [1.807, 2.05) is 0 Å². The Hall–Kier alpha value is -1.40. The Morgan fingerprint density at radius 2 is 1.81 bits per heavy atom. The second-order valence-corrected chi connectivity index (χ2v) is 7.54.